The maximum atomic E-state index is 13.6. The fraction of sp³-hybridized carbons (Fsp3) is 0.393. The van der Waals surface area contributed by atoms with Crippen LogP contribution in [-0.4, -0.2) is 67.5 Å². The Bertz CT molecular complexity index is 1230. The smallest absolute Gasteiger partial charge is 0.212 e. The normalized spacial score (nSPS) is 17.0. The number of nitrogens with zero attached hydrogens (tertiary/aromatic N) is 4. The van der Waals surface area contributed by atoms with Crippen LogP contribution in [0.25, 0.3) is 16.7 Å². The van der Waals surface area contributed by atoms with Gasteiger partial charge in [0.05, 0.1) is 17.6 Å². The summed E-state index contributed by atoms with van der Waals surface area (Å²) in [6.07, 6.45) is 9.13. The summed E-state index contributed by atoms with van der Waals surface area (Å²) in [6.45, 7) is 3.14. The second kappa shape index (κ2) is 12.4. The van der Waals surface area contributed by atoms with Gasteiger partial charge in [0.25, 0.3) is 0 Å². The zero-order chi connectivity index (χ0) is 27.1. The third kappa shape index (κ3) is 5.89. The highest BCUT2D eigenvalue weighted by molar-refractivity contribution is 6.10. The molecule has 0 unspecified atom stereocenters. The summed E-state index contributed by atoms with van der Waals surface area (Å²) in [4.78, 5) is 7.50. The number of allylic oxidation sites excluding steroid dienone is 1. The van der Waals surface area contributed by atoms with Crippen molar-refractivity contribution in [3.63, 3.8) is 0 Å². The second-order valence-corrected chi connectivity index (χ2v) is 9.69. The van der Waals surface area contributed by atoms with Crippen molar-refractivity contribution in [3.05, 3.63) is 53.7 Å². The van der Waals surface area contributed by atoms with E-state index in [1.165, 1.54) is 23.4 Å². The zero-order valence-electron chi connectivity index (χ0n) is 21.6. The Morgan fingerprint density at radius 2 is 1.92 bits per heavy atom. The molecule has 2 saturated heterocycles. The van der Waals surface area contributed by atoms with E-state index in [1.807, 2.05) is 18.3 Å². The number of nitriles is 1. The quantitative estimate of drug-likeness (QED) is 0.206. The molecule has 1 aromatic heterocycles. The lowest BCUT2D eigenvalue weighted by Crippen LogP contribution is -2.41. The molecule has 0 atom stereocenters. The van der Waals surface area contributed by atoms with Crippen LogP contribution >= 0.6 is 0 Å². The van der Waals surface area contributed by atoms with Gasteiger partial charge in [-0.1, -0.05) is 12.1 Å². The van der Waals surface area contributed by atoms with Crippen LogP contribution in [0.1, 0.15) is 36.8 Å². The van der Waals surface area contributed by atoms with Gasteiger partial charge in [-0.25, -0.2) is 4.98 Å². The lowest BCUT2D eigenvalue weighted by Gasteiger charge is -2.37. The molecule has 4 rings (SSSR count). The SMILES string of the molecule is CN(C=N)C(=N)C1CCN(c2c(-c3ccc(F)nc3)ccc(/C(C=N)=C/NC3CCNCC3)c2C#N)CC1. The van der Waals surface area contributed by atoms with Crippen LogP contribution in [0.4, 0.5) is 10.1 Å². The molecule has 198 valence electrons. The average molecular weight is 516 g/mol. The van der Waals surface area contributed by atoms with E-state index in [0.717, 1.165) is 43.5 Å². The number of halogens is 1. The third-order valence-corrected chi connectivity index (χ3v) is 7.38. The molecule has 9 nitrogen and oxygen atoms in total. The van der Waals surface area contributed by atoms with Gasteiger partial charge in [-0.2, -0.15) is 9.65 Å². The van der Waals surface area contributed by atoms with Crippen LogP contribution in [-0.2, 0) is 0 Å². The van der Waals surface area contributed by atoms with E-state index in [0.29, 0.717) is 60.1 Å². The van der Waals surface area contributed by atoms with Crippen molar-refractivity contribution in [1.82, 2.24) is 20.5 Å². The van der Waals surface area contributed by atoms with E-state index in [2.05, 4.69) is 26.6 Å². The summed E-state index contributed by atoms with van der Waals surface area (Å²) < 4.78 is 13.6. The molecule has 5 N–H and O–H groups in total. The van der Waals surface area contributed by atoms with Crippen molar-refractivity contribution >= 4 is 29.6 Å². The Labute approximate surface area is 222 Å². The Balaban J connectivity index is 1.72. The van der Waals surface area contributed by atoms with E-state index in [-0.39, 0.29) is 5.92 Å². The molecule has 0 spiro atoms. The Kier molecular flexibility index (Phi) is 8.81. The number of hydrogen-bond donors (Lipinski definition) is 5. The van der Waals surface area contributed by atoms with Crippen LogP contribution in [0.3, 0.4) is 0 Å². The van der Waals surface area contributed by atoms with Gasteiger partial charge in [-0.15, -0.1) is 0 Å². The molecule has 0 amide bonds. The zero-order valence-corrected chi connectivity index (χ0v) is 21.6. The second-order valence-electron chi connectivity index (χ2n) is 9.69. The van der Waals surface area contributed by atoms with E-state index >= 15 is 0 Å². The molecule has 3 heterocycles. The lowest BCUT2D eigenvalue weighted by atomic mass is 9.90. The maximum Gasteiger partial charge on any atom is 0.212 e. The predicted molar refractivity (Wildman–Crippen MR) is 149 cm³/mol. The highest BCUT2D eigenvalue weighted by Gasteiger charge is 2.28. The summed E-state index contributed by atoms with van der Waals surface area (Å²) in [5, 5.41) is 41.1. The van der Waals surface area contributed by atoms with Crippen LogP contribution in [0.5, 0.6) is 0 Å². The van der Waals surface area contributed by atoms with Crippen LogP contribution in [0.2, 0.25) is 0 Å². The molecule has 2 fully saturated rings. The van der Waals surface area contributed by atoms with Crippen LogP contribution in [0, 0.1) is 39.4 Å². The van der Waals surface area contributed by atoms with Crippen molar-refractivity contribution in [2.75, 3.05) is 38.1 Å². The molecule has 0 saturated carbocycles. The highest BCUT2D eigenvalue weighted by Crippen LogP contribution is 2.39. The number of pyridine rings is 1. The van der Waals surface area contributed by atoms with Gasteiger partial charge < -0.3 is 25.8 Å². The average Bonchev–Trinajstić information content (AvgIpc) is 2.97. The molecular weight excluding hydrogens is 481 g/mol. The van der Waals surface area contributed by atoms with E-state index in [1.54, 1.807) is 13.1 Å². The number of rotatable bonds is 8. The summed E-state index contributed by atoms with van der Waals surface area (Å²) >= 11 is 0. The number of aromatic nitrogens is 1. The summed E-state index contributed by atoms with van der Waals surface area (Å²) in [5.74, 6) is -0.135. The minimum Gasteiger partial charge on any atom is -0.388 e. The first-order chi connectivity index (χ1) is 18.5. The number of anilines is 1. The first kappa shape index (κ1) is 26.9. The van der Waals surface area contributed by atoms with Gasteiger partial charge in [0, 0.05) is 73.0 Å². The molecule has 38 heavy (non-hydrogen) atoms. The monoisotopic (exact) mass is 515 g/mol. The van der Waals surface area contributed by atoms with Crippen molar-refractivity contribution < 1.29 is 4.39 Å². The van der Waals surface area contributed by atoms with Gasteiger partial charge >= 0.3 is 0 Å². The van der Waals surface area contributed by atoms with Crippen molar-refractivity contribution in [2.24, 2.45) is 5.92 Å². The molecular formula is C28H34FN9. The molecule has 10 heteroatoms. The fourth-order valence-corrected chi connectivity index (χ4v) is 5.17. The first-order valence-electron chi connectivity index (χ1n) is 12.9. The Morgan fingerprint density at radius 3 is 2.53 bits per heavy atom. The predicted octanol–water partition coefficient (Wildman–Crippen LogP) is 3.82. The van der Waals surface area contributed by atoms with Crippen LogP contribution < -0.4 is 15.5 Å². The largest absolute Gasteiger partial charge is 0.388 e. The number of amidine groups is 1. The molecule has 0 bridgehead atoms. The highest BCUT2D eigenvalue weighted by atomic mass is 19.1. The van der Waals surface area contributed by atoms with Gasteiger partial charge in [0.2, 0.25) is 5.95 Å². The van der Waals surface area contributed by atoms with Crippen molar-refractivity contribution in [3.8, 4) is 17.2 Å². The van der Waals surface area contributed by atoms with E-state index in [4.69, 9.17) is 16.2 Å². The summed E-state index contributed by atoms with van der Waals surface area (Å²) in [7, 11) is 1.71. The lowest BCUT2D eigenvalue weighted by molar-refractivity contribution is 0.420. The van der Waals surface area contributed by atoms with Crippen molar-refractivity contribution in [2.45, 2.75) is 31.7 Å². The van der Waals surface area contributed by atoms with E-state index < -0.39 is 5.95 Å². The fourth-order valence-electron chi connectivity index (χ4n) is 5.17. The summed E-state index contributed by atoms with van der Waals surface area (Å²) in [6, 6.07) is 9.45. The minimum atomic E-state index is -0.569. The molecule has 2 aliphatic heterocycles. The number of nitrogens with one attached hydrogen (secondary N) is 5. The summed E-state index contributed by atoms with van der Waals surface area (Å²) in [5.41, 5.74) is 3.96. The van der Waals surface area contributed by atoms with Crippen LogP contribution in [0.15, 0.2) is 36.7 Å². The standard InChI is InChI=1S/C28H34FN9/c1-37(18-32)28(33)19-8-12-38(13-9-19)27-24(20-2-5-26(29)36-16-20)4-3-23(25(27)15-31)21(14-30)17-35-22-6-10-34-11-7-22/h2-5,14,16-19,22,30,32-35H,6-13H2,1H3/b21-17+,30-14?,32-18?,33-28?. The first-order valence-corrected chi connectivity index (χ1v) is 12.9. The third-order valence-electron chi connectivity index (χ3n) is 7.38. The van der Waals surface area contributed by atoms with Gasteiger partial charge in [0.15, 0.2) is 0 Å². The van der Waals surface area contributed by atoms with E-state index in [9.17, 15) is 9.65 Å². The van der Waals surface area contributed by atoms with Gasteiger partial charge in [-0.3, -0.25) is 10.8 Å². The van der Waals surface area contributed by atoms with Gasteiger partial charge in [-0.05, 0) is 50.9 Å². The minimum absolute atomic E-state index is 0.0220. The van der Waals surface area contributed by atoms with Gasteiger partial charge in [0.1, 0.15) is 11.9 Å². The molecule has 0 aliphatic carbocycles. The molecule has 1 aromatic carbocycles. The number of hydrogen-bond acceptors (Lipinski definition) is 8. The van der Waals surface area contributed by atoms with Crippen molar-refractivity contribution in [1.29, 1.82) is 21.5 Å². The topological polar surface area (TPSA) is 139 Å². The number of benzene rings is 1. The molecule has 0 radical (unpaired) electrons. The maximum absolute atomic E-state index is 13.6. The Morgan fingerprint density at radius 1 is 1.18 bits per heavy atom. The number of piperidine rings is 2. The molecule has 2 aromatic rings. The molecule has 2 aliphatic rings. The Hall–Kier alpha value is -4.10.